The van der Waals surface area contributed by atoms with E-state index in [0.29, 0.717) is 0 Å². The smallest absolute Gasteiger partial charge is 0.161 e. The van der Waals surface area contributed by atoms with Gasteiger partial charge in [0.05, 0.1) is 16.6 Å². The van der Waals surface area contributed by atoms with Gasteiger partial charge in [0.2, 0.25) is 0 Å². The van der Waals surface area contributed by atoms with Gasteiger partial charge in [-0.25, -0.2) is 0 Å². The second kappa shape index (κ2) is 4.39. The van der Waals surface area contributed by atoms with E-state index in [0.717, 1.165) is 38.4 Å². The first kappa shape index (κ1) is 14.1. The minimum absolute atomic E-state index is 0.910. The lowest BCUT2D eigenvalue weighted by atomic mass is 10.1. The second-order valence-corrected chi connectivity index (χ2v) is 7.90. The van der Waals surface area contributed by atoms with E-state index in [4.69, 9.17) is 8.83 Å². The topological polar surface area (TPSA) is 35.6 Å². The molecule has 0 aliphatic carbocycles. The average Bonchev–Trinajstić information content (AvgIpc) is 3.48. The maximum Gasteiger partial charge on any atom is 0.161 e. The maximum atomic E-state index is 6.37. The molecular formula is C25H14N2O2. The normalized spacial score (nSPS) is 13.0. The van der Waals surface area contributed by atoms with E-state index in [2.05, 4.69) is 58.5 Å². The molecule has 0 aliphatic heterocycles. The third-order valence-corrected chi connectivity index (χ3v) is 6.60. The number of hydrogen-bond acceptors (Lipinski definition) is 2. The third-order valence-electron chi connectivity index (χ3n) is 6.60. The van der Waals surface area contributed by atoms with Gasteiger partial charge in [0.15, 0.2) is 5.58 Å². The highest BCUT2D eigenvalue weighted by molar-refractivity contribution is 6.33. The van der Waals surface area contributed by atoms with Crippen molar-refractivity contribution < 1.29 is 8.83 Å². The summed E-state index contributed by atoms with van der Waals surface area (Å²) in [6.07, 6.45) is 3.73. The van der Waals surface area contributed by atoms with Crippen molar-refractivity contribution in [2.75, 3.05) is 0 Å². The van der Waals surface area contributed by atoms with Crippen molar-refractivity contribution in [2.24, 2.45) is 7.05 Å². The van der Waals surface area contributed by atoms with E-state index in [-0.39, 0.29) is 0 Å². The Bertz CT molecular complexity index is 1920. The van der Waals surface area contributed by atoms with Crippen molar-refractivity contribution in [3.05, 3.63) is 67.1 Å². The minimum Gasteiger partial charge on any atom is -0.470 e. The van der Waals surface area contributed by atoms with Crippen LogP contribution in [-0.4, -0.2) is 8.97 Å². The van der Waals surface area contributed by atoms with Crippen LogP contribution < -0.4 is 0 Å². The Hall–Kier alpha value is -3.92. The molecule has 0 unspecified atom stereocenters. The Morgan fingerprint density at radius 1 is 0.655 bits per heavy atom. The largest absolute Gasteiger partial charge is 0.470 e. The van der Waals surface area contributed by atoms with Crippen molar-refractivity contribution in [2.45, 2.75) is 0 Å². The first-order chi connectivity index (χ1) is 14.3. The van der Waals surface area contributed by atoms with Gasteiger partial charge < -0.3 is 17.8 Å². The maximum absolute atomic E-state index is 6.37. The number of furan rings is 2. The molecule has 0 saturated heterocycles. The Morgan fingerprint density at radius 2 is 1.52 bits per heavy atom. The Balaban J connectivity index is 1.92. The van der Waals surface area contributed by atoms with Gasteiger partial charge in [0, 0.05) is 39.5 Å². The molecule has 136 valence electrons. The van der Waals surface area contributed by atoms with Crippen molar-refractivity contribution in [3.8, 4) is 0 Å². The summed E-state index contributed by atoms with van der Waals surface area (Å²) >= 11 is 0. The highest BCUT2D eigenvalue weighted by atomic mass is 16.3. The molecule has 0 spiro atoms. The lowest BCUT2D eigenvalue weighted by Gasteiger charge is -2.01. The molecule has 0 fully saturated rings. The summed E-state index contributed by atoms with van der Waals surface area (Å²) in [6.45, 7) is 0. The molecule has 0 bridgehead atoms. The van der Waals surface area contributed by atoms with E-state index in [1.165, 1.54) is 32.7 Å². The van der Waals surface area contributed by atoms with E-state index in [1.807, 2.05) is 24.7 Å². The summed E-state index contributed by atoms with van der Waals surface area (Å²) in [7, 11) is 2.14. The first-order valence-electron chi connectivity index (χ1n) is 9.75. The summed E-state index contributed by atoms with van der Waals surface area (Å²) in [5.41, 5.74) is 7.67. The molecule has 0 N–H and O–H groups in total. The molecule has 0 aliphatic rings. The third kappa shape index (κ3) is 1.38. The average molecular weight is 374 g/mol. The van der Waals surface area contributed by atoms with Gasteiger partial charge in [-0.2, -0.15) is 0 Å². The van der Waals surface area contributed by atoms with Gasteiger partial charge in [-0.05, 0) is 35.7 Å². The predicted molar refractivity (Wildman–Crippen MR) is 117 cm³/mol. The van der Waals surface area contributed by atoms with Crippen LogP contribution in [0.1, 0.15) is 0 Å². The van der Waals surface area contributed by atoms with Gasteiger partial charge in [-0.15, -0.1) is 0 Å². The van der Waals surface area contributed by atoms with Crippen molar-refractivity contribution in [1.29, 1.82) is 0 Å². The first-order valence-corrected chi connectivity index (χ1v) is 9.75. The lowest BCUT2D eigenvalue weighted by Crippen LogP contribution is -1.87. The van der Waals surface area contributed by atoms with Crippen LogP contribution in [0, 0.1) is 0 Å². The fraction of sp³-hybridized carbons (Fsp3) is 0.0400. The van der Waals surface area contributed by atoms with E-state index in [1.54, 1.807) is 0 Å². The number of rotatable bonds is 0. The quantitative estimate of drug-likeness (QED) is 0.292. The van der Waals surface area contributed by atoms with Gasteiger partial charge in [-0.1, -0.05) is 24.3 Å². The molecule has 0 radical (unpaired) electrons. The van der Waals surface area contributed by atoms with Crippen molar-refractivity contribution in [1.82, 2.24) is 8.97 Å². The zero-order valence-electron chi connectivity index (χ0n) is 15.6. The molecule has 8 rings (SSSR count). The summed E-state index contributed by atoms with van der Waals surface area (Å²) in [5.74, 6) is 0. The fourth-order valence-corrected chi connectivity index (χ4v) is 5.41. The molecule has 0 atom stereocenters. The highest BCUT2D eigenvalue weighted by Crippen LogP contribution is 2.45. The van der Waals surface area contributed by atoms with Gasteiger partial charge >= 0.3 is 0 Å². The van der Waals surface area contributed by atoms with Gasteiger partial charge in [0.25, 0.3) is 0 Å². The Kier molecular flexibility index (Phi) is 2.14. The lowest BCUT2D eigenvalue weighted by molar-refractivity contribution is 0.571. The summed E-state index contributed by atoms with van der Waals surface area (Å²) in [5, 5.41) is 7.15. The van der Waals surface area contributed by atoms with Crippen molar-refractivity contribution in [3.63, 3.8) is 0 Å². The van der Waals surface area contributed by atoms with E-state index < -0.39 is 0 Å². The molecule has 4 nitrogen and oxygen atoms in total. The number of hydrogen-bond donors (Lipinski definition) is 0. The fourth-order valence-electron chi connectivity index (χ4n) is 5.41. The van der Waals surface area contributed by atoms with E-state index in [9.17, 15) is 0 Å². The van der Waals surface area contributed by atoms with Crippen LogP contribution in [0.3, 0.4) is 0 Å². The number of aryl methyl sites for hydroxylation is 1. The number of aromatic nitrogens is 2. The summed E-state index contributed by atoms with van der Waals surface area (Å²) in [4.78, 5) is 0. The molecule has 0 amide bonds. The molecule has 4 heteroatoms. The Morgan fingerprint density at radius 3 is 2.48 bits per heavy atom. The van der Waals surface area contributed by atoms with Crippen LogP contribution in [0.4, 0.5) is 0 Å². The molecule has 29 heavy (non-hydrogen) atoms. The van der Waals surface area contributed by atoms with Gasteiger partial charge in [-0.3, -0.25) is 0 Å². The zero-order valence-corrected chi connectivity index (χ0v) is 15.6. The molecule has 5 heterocycles. The molecule has 8 aromatic rings. The van der Waals surface area contributed by atoms with E-state index >= 15 is 0 Å². The highest BCUT2D eigenvalue weighted by Gasteiger charge is 2.24. The number of benzene rings is 3. The SMILES string of the molecule is Cn1c2cccc3c4cocc4n4c5c6ccccc6oc5c5ccc1c(c32)c54. The summed E-state index contributed by atoms with van der Waals surface area (Å²) < 4.78 is 16.8. The number of fused-ring (bicyclic) bond motifs is 8. The number of para-hydroxylation sites is 1. The van der Waals surface area contributed by atoms with Crippen molar-refractivity contribution >= 4 is 71.1 Å². The molecule has 5 aromatic heterocycles. The number of nitrogens with zero attached hydrogens (tertiary/aromatic N) is 2. The van der Waals surface area contributed by atoms with Crippen LogP contribution in [0.15, 0.2) is 76.0 Å². The minimum atomic E-state index is 0.910. The molecular weight excluding hydrogens is 360 g/mol. The monoisotopic (exact) mass is 374 g/mol. The zero-order chi connectivity index (χ0) is 18.9. The van der Waals surface area contributed by atoms with Crippen LogP contribution in [0.5, 0.6) is 0 Å². The predicted octanol–water partition coefficient (Wildman–Crippen LogP) is 6.82. The summed E-state index contributed by atoms with van der Waals surface area (Å²) in [6, 6.07) is 19.2. The standard InChI is InChI=1S/C25H14N2O2/c1-26-17-7-4-6-13-16-11-28-12-19(16)27-23-15(9-10-18(26)22(23)21(13)17)25-24(27)14-5-2-3-8-20(14)29-25/h2-12H,1H3. The van der Waals surface area contributed by atoms with Gasteiger partial charge in [0.1, 0.15) is 23.6 Å². The van der Waals surface area contributed by atoms with Crippen LogP contribution >= 0.6 is 0 Å². The molecule has 0 saturated carbocycles. The Labute approximate surface area is 163 Å². The van der Waals surface area contributed by atoms with Crippen LogP contribution in [0.2, 0.25) is 0 Å². The van der Waals surface area contributed by atoms with Crippen LogP contribution in [-0.2, 0) is 7.05 Å². The second-order valence-electron chi connectivity index (χ2n) is 7.90. The molecule has 3 aromatic carbocycles. The van der Waals surface area contributed by atoms with Crippen LogP contribution in [0.25, 0.3) is 71.1 Å².